The SMILES string of the molecule is COC(=O)[C@@H]1Cc2ccc(c([N+](=O)[O-])c2)Oc2cc(cc(O)c2OC)[C@@H](NC(=O)[C@@H](NC(=O)OC(C)(C)C)c2cccc(OC(C)C)c2)C(=O)N[C@H](c2ccc(OC)cc2)C(=O)N1. The van der Waals surface area contributed by atoms with Gasteiger partial charge in [-0.1, -0.05) is 30.3 Å². The summed E-state index contributed by atoms with van der Waals surface area (Å²) < 4.78 is 33.0. The Morgan fingerprint density at radius 3 is 2.21 bits per heavy atom. The summed E-state index contributed by atoms with van der Waals surface area (Å²) in [7, 11) is 3.73. The third kappa shape index (κ3) is 11.8. The molecule has 4 bridgehead atoms. The first-order valence-electron chi connectivity index (χ1n) is 19.6. The van der Waals surface area contributed by atoms with Crippen LogP contribution in [0.2, 0.25) is 0 Å². The number of benzene rings is 4. The summed E-state index contributed by atoms with van der Waals surface area (Å²) in [6.07, 6.45) is -1.54. The average molecular weight is 872 g/mol. The van der Waals surface area contributed by atoms with Gasteiger partial charge in [0, 0.05) is 12.5 Å². The Balaban J connectivity index is 1.72. The average Bonchev–Trinajstić information content (AvgIpc) is 3.22. The zero-order valence-corrected chi connectivity index (χ0v) is 35.8. The van der Waals surface area contributed by atoms with Gasteiger partial charge in [-0.15, -0.1) is 0 Å². The van der Waals surface area contributed by atoms with Crippen LogP contribution in [0.15, 0.2) is 78.9 Å². The molecule has 0 aliphatic carbocycles. The van der Waals surface area contributed by atoms with Crippen molar-refractivity contribution in [2.24, 2.45) is 0 Å². The Bertz CT molecular complexity index is 2360. The minimum absolute atomic E-state index is 0.172. The number of hydrogen-bond acceptors (Lipinski definition) is 14. The Labute approximate surface area is 362 Å². The van der Waals surface area contributed by atoms with E-state index in [1.54, 1.807) is 52.8 Å². The number of esters is 1. The fourth-order valence-corrected chi connectivity index (χ4v) is 6.53. The van der Waals surface area contributed by atoms with E-state index in [9.17, 15) is 39.2 Å². The van der Waals surface area contributed by atoms with Crippen LogP contribution in [0.4, 0.5) is 10.5 Å². The number of carbonyl (C=O) groups is 5. The molecule has 2 aliphatic heterocycles. The van der Waals surface area contributed by atoms with Crippen LogP contribution in [-0.4, -0.2) is 78.9 Å². The number of phenolic OH excluding ortho intramolecular Hbond substituents is 1. The van der Waals surface area contributed by atoms with Crippen LogP contribution >= 0.6 is 0 Å². The van der Waals surface area contributed by atoms with Gasteiger partial charge in [0.25, 0.3) is 0 Å². The lowest BCUT2D eigenvalue weighted by Gasteiger charge is -2.28. The molecule has 334 valence electrons. The van der Waals surface area contributed by atoms with Gasteiger partial charge in [-0.2, -0.15) is 0 Å². The second-order valence-electron chi connectivity index (χ2n) is 15.5. The summed E-state index contributed by atoms with van der Waals surface area (Å²) >= 11 is 0. The van der Waals surface area contributed by atoms with E-state index in [0.29, 0.717) is 11.5 Å². The molecule has 2 heterocycles. The molecule has 4 amide bonds. The normalized spacial score (nSPS) is 16.9. The Kier molecular flexibility index (Phi) is 14.7. The van der Waals surface area contributed by atoms with Crippen molar-refractivity contribution >= 4 is 35.5 Å². The fraction of sp³-hybridized carbons (Fsp3) is 0.341. The molecule has 0 radical (unpaired) electrons. The van der Waals surface area contributed by atoms with Gasteiger partial charge >= 0.3 is 17.7 Å². The highest BCUT2D eigenvalue weighted by atomic mass is 16.6. The molecule has 0 aromatic heterocycles. The predicted octanol–water partition coefficient (Wildman–Crippen LogP) is 5.39. The minimum atomic E-state index is -1.83. The zero-order chi connectivity index (χ0) is 46.2. The molecule has 4 aromatic carbocycles. The number of fused-ring (bicyclic) bond motifs is 9. The van der Waals surface area contributed by atoms with Crippen LogP contribution in [0.25, 0.3) is 0 Å². The van der Waals surface area contributed by atoms with E-state index in [1.807, 2.05) is 0 Å². The summed E-state index contributed by atoms with van der Waals surface area (Å²) in [5.74, 6) is -4.62. The molecule has 4 atom stereocenters. The van der Waals surface area contributed by atoms with Crippen LogP contribution in [0.3, 0.4) is 0 Å². The van der Waals surface area contributed by atoms with Crippen LogP contribution in [0, 0.1) is 10.1 Å². The number of nitrogens with zero attached hydrogens (tertiary/aromatic N) is 1. The van der Waals surface area contributed by atoms with E-state index in [4.69, 9.17) is 28.4 Å². The Morgan fingerprint density at radius 2 is 1.59 bits per heavy atom. The molecule has 4 aromatic rings. The topological polar surface area (TPSA) is 252 Å². The number of alkyl carbamates (subject to hydrolysis) is 1. The van der Waals surface area contributed by atoms with Crippen molar-refractivity contribution in [2.75, 3.05) is 21.3 Å². The second-order valence-corrected chi connectivity index (χ2v) is 15.5. The van der Waals surface area contributed by atoms with E-state index >= 15 is 0 Å². The Hall–Kier alpha value is -7.57. The van der Waals surface area contributed by atoms with Crippen LogP contribution in [-0.2, 0) is 35.1 Å². The zero-order valence-electron chi connectivity index (χ0n) is 35.8. The number of nitrogens with one attached hydrogen (secondary N) is 4. The first-order chi connectivity index (χ1) is 29.8. The van der Waals surface area contributed by atoms with E-state index < -0.39 is 75.9 Å². The molecule has 63 heavy (non-hydrogen) atoms. The number of amides is 4. The molecule has 19 nitrogen and oxygen atoms in total. The van der Waals surface area contributed by atoms with Crippen molar-refractivity contribution in [3.63, 3.8) is 0 Å². The molecule has 0 spiro atoms. The van der Waals surface area contributed by atoms with Crippen molar-refractivity contribution in [3.05, 3.63) is 111 Å². The maximum Gasteiger partial charge on any atom is 0.408 e. The van der Waals surface area contributed by atoms with Crippen LogP contribution in [0.1, 0.15) is 75.0 Å². The number of hydrogen-bond donors (Lipinski definition) is 5. The molecule has 6 rings (SSSR count). The van der Waals surface area contributed by atoms with E-state index in [-0.39, 0.29) is 52.0 Å². The third-order valence-electron chi connectivity index (χ3n) is 9.31. The summed E-state index contributed by atoms with van der Waals surface area (Å²) in [6, 6.07) is 12.1. The molecule has 2 aliphatic rings. The lowest BCUT2D eigenvalue weighted by Crippen LogP contribution is -2.51. The number of phenols is 1. The minimum Gasteiger partial charge on any atom is -0.504 e. The summed E-state index contributed by atoms with van der Waals surface area (Å²) in [5, 5.41) is 34.2. The molecule has 0 saturated heterocycles. The number of aromatic hydroxyl groups is 1. The maximum absolute atomic E-state index is 14.8. The lowest BCUT2D eigenvalue weighted by molar-refractivity contribution is -0.385. The Morgan fingerprint density at radius 1 is 0.873 bits per heavy atom. The summed E-state index contributed by atoms with van der Waals surface area (Å²) in [5.41, 5.74) is -1.08. The van der Waals surface area contributed by atoms with Gasteiger partial charge in [0.15, 0.2) is 11.5 Å². The molecule has 0 fully saturated rings. The highest BCUT2D eigenvalue weighted by Gasteiger charge is 2.36. The van der Waals surface area contributed by atoms with Gasteiger partial charge < -0.3 is 54.8 Å². The van der Waals surface area contributed by atoms with Crippen molar-refractivity contribution in [1.29, 1.82) is 0 Å². The highest BCUT2D eigenvalue weighted by Crippen LogP contribution is 2.44. The van der Waals surface area contributed by atoms with Crippen molar-refractivity contribution in [2.45, 2.75) is 76.9 Å². The standard InChI is InChI=1S/C44H49N5O14/c1-23(2)61-29-11-9-10-26(20-29)36(48-43(55)63-44(3,4)5)40(52)47-37-27-21-32(50)38(59-7)34(22-27)62-33-17-12-24(19-31(33)49(56)57)18-30(42(54)60-8)45-39(51)35(46-41(37)53)25-13-15-28(58-6)16-14-25/h9-17,19-23,30,35-37,50H,18H2,1-8H3,(H,45,51)(H,46,53)(H,47,52)(H,48,55)/t30-,35+,36-,37+/m0/s1. The summed E-state index contributed by atoms with van der Waals surface area (Å²) in [4.78, 5) is 81.9. The monoisotopic (exact) mass is 871 g/mol. The van der Waals surface area contributed by atoms with Gasteiger partial charge in [-0.25, -0.2) is 9.59 Å². The number of carbonyl (C=O) groups excluding carboxylic acids is 5. The van der Waals surface area contributed by atoms with E-state index in [1.165, 1.54) is 62.8 Å². The first-order valence-corrected chi connectivity index (χ1v) is 19.6. The number of nitro groups is 1. The smallest absolute Gasteiger partial charge is 0.408 e. The van der Waals surface area contributed by atoms with Crippen LogP contribution in [0.5, 0.6) is 34.5 Å². The van der Waals surface area contributed by atoms with Crippen molar-refractivity contribution < 1.29 is 62.4 Å². The quantitative estimate of drug-likeness (QED) is 0.0720. The number of ether oxygens (including phenoxy) is 6. The van der Waals surface area contributed by atoms with Crippen molar-refractivity contribution in [1.82, 2.24) is 21.3 Å². The largest absolute Gasteiger partial charge is 0.504 e. The number of methoxy groups -OCH3 is 3. The van der Waals surface area contributed by atoms with Gasteiger partial charge in [-0.3, -0.25) is 24.5 Å². The molecular formula is C44H49N5O14. The lowest BCUT2D eigenvalue weighted by atomic mass is 9.99. The highest BCUT2D eigenvalue weighted by molar-refractivity contribution is 5.96. The summed E-state index contributed by atoms with van der Waals surface area (Å²) in [6.45, 7) is 8.49. The molecular weight excluding hydrogens is 823 g/mol. The van der Waals surface area contributed by atoms with E-state index in [0.717, 1.165) is 19.2 Å². The second kappa shape index (κ2) is 19.9. The first kappa shape index (κ1) is 46.5. The maximum atomic E-state index is 14.8. The van der Waals surface area contributed by atoms with Gasteiger partial charge in [0.1, 0.15) is 41.3 Å². The number of nitro benzene ring substituents is 1. The molecule has 19 heteroatoms. The van der Waals surface area contributed by atoms with E-state index in [2.05, 4.69) is 21.3 Å². The molecule has 0 unspecified atom stereocenters. The van der Waals surface area contributed by atoms with Crippen molar-refractivity contribution in [3.8, 4) is 34.5 Å². The van der Waals surface area contributed by atoms with Crippen LogP contribution < -0.4 is 40.2 Å². The molecule has 5 N–H and O–H groups in total. The van der Waals surface area contributed by atoms with Gasteiger partial charge in [0.05, 0.1) is 32.4 Å². The van der Waals surface area contributed by atoms with Gasteiger partial charge in [0.2, 0.25) is 29.2 Å². The third-order valence-corrected chi connectivity index (χ3v) is 9.31. The van der Waals surface area contributed by atoms with Gasteiger partial charge in [-0.05, 0) is 99.3 Å². The fourth-order valence-electron chi connectivity index (χ4n) is 6.53. The predicted molar refractivity (Wildman–Crippen MR) is 225 cm³/mol. The molecule has 0 saturated carbocycles. The number of rotatable bonds is 11.